The van der Waals surface area contributed by atoms with Crippen molar-refractivity contribution in [2.75, 3.05) is 13.6 Å². The molecule has 4 N–H and O–H groups in total. The molecule has 0 saturated carbocycles. The van der Waals surface area contributed by atoms with Gasteiger partial charge in [-0.25, -0.2) is 0 Å². The number of hydroxylamine groups is 1. The van der Waals surface area contributed by atoms with Gasteiger partial charge in [0.1, 0.15) is 6.10 Å². The van der Waals surface area contributed by atoms with Crippen molar-refractivity contribution < 1.29 is 15.4 Å². The third kappa shape index (κ3) is 1.44. The van der Waals surface area contributed by atoms with Crippen molar-refractivity contribution in [3.05, 3.63) is 12.3 Å². The molecule has 1 rings (SSSR count). The van der Waals surface area contributed by atoms with Gasteiger partial charge >= 0.3 is 0 Å². The van der Waals surface area contributed by atoms with Gasteiger partial charge in [-0.3, -0.25) is 15.6 Å². The van der Waals surface area contributed by atoms with Crippen LogP contribution in [-0.2, 0) is 0 Å². The van der Waals surface area contributed by atoms with E-state index >= 15 is 0 Å². The van der Waals surface area contributed by atoms with Crippen LogP contribution in [0.2, 0.25) is 0 Å². The molecular formula is C7H14N2O3. The lowest BCUT2D eigenvalue weighted by Gasteiger charge is -2.22. The van der Waals surface area contributed by atoms with Crippen molar-refractivity contribution in [1.29, 1.82) is 0 Å². The molecule has 0 unspecified atom stereocenters. The van der Waals surface area contributed by atoms with Crippen LogP contribution in [-0.4, -0.2) is 52.2 Å². The Morgan fingerprint density at radius 2 is 2.17 bits per heavy atom. The molecule has 0 aliphatic carbocycles. The van der Waals surface area contributed by atoms with Crippen LogP contribution >= 0.6 is 0 Å². The first kappa shape index (κ1) is 9.47. The van der Waals surface area contributed by atoms with E-state index in [1.54, 1.807) is 11.9 Å². The fourth-order valence-electron chi connectivity index (χ4n) is 1.53. The number of β-amino-alcohol motifs (C(OH)–C–C–N with tert-alkyl or cyclic N) is 1. The number of nitrogens with zero attached hydrogens (tertiary/aromatic N) is 1. The zero-order chi connectivity index (χ0) is 9.30. The SMILES string of the molecule is C=C(NO)[C@@H]1[C@@H](O)[C@@H](O)CN1C. The van der Waals surface area contributed by atoms with Gasteiger partial charge in [0.15, 0.2) is 0 Å². The first-order valence-electron chi connectivity index (χ1n) is 3.73. The molecule has 5 heteroatoms. The van der Waals surface area contributed by atoms with Crippen LogP contribution in [0.15, 0.2) is 12.3 Å². The van der Waals surface area contributed by atoms with Gasteiger partial charge in [-0.15, -0.1) is 0 Å². The number of likely N-dealkylation sites (N-methyl/N-ethyl adjacent to an activating group) is 1. The highest BCUT2D eigenvalue weighted by Gasteiger charge is 2.39. The Bertz CT molecular complexity index is 185. The summed E-state index contributed by atoms with van der Waals surface area (Å²) in [6.45, 7) is 3.90. The summed E-state index contributed by atoms with van der Waals surface area (Å²) in [4.78, 5) is 1.72. The van der Waals surface area contributed by atoms with Crippen molar-refractivity contribution >= 4 is 0 Å². The van der Waals surface area contributed by atoms with Crippen molar-refractivity contribution in [1.82, 2.24) is 10.4 Å². The molecule has 70 valence electrons. The minimum atomic E-state index is -0.887. The van der Waals surface area contributed by atoms with E-state index in [2.05, 4.69) is 6.58 Å². The van der Waals surface area contributed by atoms with Crippen LogP contribution in [0.25, 0.3) is 0 Å². The minimum Gasteiger partial charge on any atom is -0.389 e. The molecule has 1 saturated heterocycles. The average Bonchev–Trinajstić information content (AvgIpc) is 2.26. The Labute approximate surface area is 70.9 Å². The number of likely N-dealkylation sites (tertiary alicyclic amines) is 1. The number of aliphatic hydroxyl groups is 2. The van der Waals surface area contributed by atoms with E-state index in [-0.39, 0.29) is 0 Å². The summed E-state index contributed by atoms with van der Waals surface area (Å²) < 4.78 is 0. The fourth-order valence-corrected chi connectivity index (χ4v) is 1.53. The molecule has 1 heterocycles. The highest BCUT2D eigenvalue weighted by atomic mass is 16.5. The van der Waals surface area contributed by atoms with Gasteiger partial charge in [0, 0.05) is 6.54 Å². The second-order valence-corrected chi connectivity index (χ2v) is 3.08. The highest BCUT2D eigenvalue weighted by molar-refractivity contribution is 5.10. The van der Waals surface area contributed by atoms with Crippen molar-refractivity contribution in [3.63, 3.8) is 0 Å². The third-order valence-electron chi connectivity index (χ3n) is 2.17. The van der Waals surface area contributed by atoms with Crippen LogP contribution in [0, 0.1) is 0 Å². The average molecular weight is 174 g/mol. The summed E-state index contributed by atoms with van der Waals surface area (Å²) in [7, 11) is 1.74. The maximum Gasteiger partial charge on any atom is 0.102 e. The van der Waals surface area contributed by atoms with E-state index in [9.17, 15) is 10.2 Å². The van der Waals surface area contributed by atoms with E-state index in [4.69, 9.17) is 5.21 Å². The predicted molar refractivity (Wildman–Crippen MR) is 42.5 cm³/mol. The third-order valence-corrected chi connectivity index (χ3v) is 2.17. The molecule has 5 nitrogen and oxygen atoms in total. The normalized spacial score (nSPS) is 36.8. The van der Waals surface area contributed by atoms with Gasteiger partial charge in [0.05, 0.1) is 17.8 Å². The van der Waals surface area contributed by atoms with Crippen molar-refractivity contribution in [3.8, 4) is 0 Å². The van der Waals surface area contributed by atoms with E-state index in [0.29, 0.717) is 12.2 Å². The first-order valence-corrected chi connectivity index (χ1v) is 3.73. The lowest BCUT2D eigenvalue weighted by atomic mass is 10.1. The van der Waals surface area contributed by atoms with E-state index < -0.39 is 18.2 Å². The number of rotatable bonds is 2. The summed E-state index contributed by atoms with van der Waals surface area (Å²) in [6.07, 6.45) is -1.66. The zero-order valence-electron chi connectivity index (χ0n) is 6.94. The summed E-state index contributed by atoms with van der Waals surface area (Å²) >= 11 is 0. The topological polar surface area (TPSA) is 76.0 Å². The lowest BCUT2D eigenvalue weighted by Crippen LogP contribution is -2.39. The van der Waals surface area contributed by atoms with E-state index in [0.717, 1.165) is 0 Å². The minimum absolute atomic E-state index is 0.293. The molecule has 1 aliphatic rings. The Morgan fingerprint density at radius 1 is 1.58 bits per heavy atom. The largest absolute Gasteiger partial charge is 0.389 e. The van der Waals surface area contributed by atoms with Crippen molar-refractivity contribution in [2.45, 2.75) is 18.2 Å². The van der Waals surface area contributed by atoms with Crippen LogP contribution in [0.4, 0.5) is 0 Å². The zero-order valence-corrected chi connectivity index (χ0v) is 6.94. The number of nitrogens with one attached hydrogen (secondary N) is 1. The number of hydrogen-bond acceptors (Lipinski definition) is 5. The Morgan fingerprint density at radius 3 is 2.50 bits per heavy atom. The lowest BCUT2D eigenvalue weighted by molar-refractivity contribution is 0.0391. The maximum absolute atomic E-state index is 9.43. The summed E-state index contributed by atoms with van der Waals surface area (Å²) in [5.41, 5.74) is 2.17. The molecule has 0 bridgehead atoms. The predicted octanol–water partition coefficient (Wildman–Crippen LogP) is -1.49. The van der Waals surface area contributed by atoms with Crippen LogP contribution < -0.4 is 5.48 Å². The molecule has 3 atom stereocenters. The number of aliphatic hydroxyl groups excluding tert-OH is 2. The summed E-state index contributed by atoms with van der Waals surface area (Å²) in [5, 5.41) is 27.2. The van der Waals surface area contributed by atoms with E-state index in [1.807, 2.05) is 5.48 Å². The first-order chi connectivity index (χ1) is 5.57. The molecule has 0 aromatic heterocycles. The molecule has 0 aromatic carbocycles. The Kier molecular flexibility index (Phi) is 2.69. The number of hydrogen-bond donors (Lipinski definition) is 4. The highest BCUT2D eigenvalue weighted by Crippen LogP contribution is 2.20. The quantitative estimate of drug-likeness (QED) is 0.384. The second kappa shape index (κ2) is 3.40. The summed E-state index contributed by atoms with van der Waals surface area (Å²) in [6, 6.07) is -0.426. The van der Waals surface area contributed by atoms with Gasteiger partial charge in [0.25, 0.3) is 0 Å². The van der Waals surface area contributed by atoms with Gasteiger partial charge in [-0.1, -0.05) is 6.58 Å². The second-order valence-electron chi connectivity index (χ2n) is 3.08. The fraction of sp³-hybridized carbons (Fsp3) is 0.714. The maximum atomic E-state index is 9.43. The Hall–Kier alpha value is -0.620. The molecule has 1 fully saturated rings. The molecule has 0 aromatic rings. The van der Waals surface area contributed by atoms with Gasteiger partial charge < -0.3 is 10.2 Å². The molecule has 12 heavy (non-hydrogen) atoms. The van der Waals surface area contributed by atoms with Gasteiger partial charge in [-0.2, -0.15) is 0 Å². The van der Waals surface area contributed by atoms with Crippen LogP contribution in [0.3, 0.4) is 0 Å². The van der Waals surface area contributed by atoms with E-state index in [1.165, 1.54) is 0 Å². The summed E-state index contributed by atoms with van der Waals surface area (Å²) in [5.74, 6) is 0. The van der Waals surface area contributed by atoms with Crippen molar-refractivity contribution in [2.24, 2.45) is 0 Å². The van der Waals surface area contributed by atoms with Gasteiger partial charge in [-0.05, 0) is 7.05 Å². The monoisotopic (exact) mass is 174 g/mol. The molecule has 1 aliphatic heterocycles. The van der Waals surface area contributed by atoms with Crippen LogP contribution in [0.5, 0.6) is 0 Å². The molecular weight excluding hydrogens is 160 g/mol. The molecule has 0 spiro atoms. The smallest absolute Gasteiger partial charge is 0.102 e. The Balaban J connectivity index is 2.69. The van der Waals surface area contributed by atoms with Crippen LogP contribution in [0.1, 0.15) is 0 Å². The van der Waals surface area contributed by atoms with Gasteiger partial charge in [0.2, 0.25) is 0 Å². The molecule has 0 amide bonds. The molecule has 0 radical (unpaired) electrons. The standard InChI is InChI=1S/C7H14N2O3/c1-4(8-12)6-7(11)5(10)3-9(6)2/h5-8,10-12H,1,3H2,2H3/t5-,6+,7-/m0/s1.